The average molecular weight is 301 g/mol. The van der Waals surface area contributed by atoms with E-state index in [1.165, 1.54) is 5.01 Å². The van der Waals surface area contributed by atoms with Crippen molar-refractivity contribution in [2.24, 2.45) is 5.10 Å². The van der Waals surface area contributed by atoms with Crippen molar-refractivity contribution < 1.29 is 22.0 Å². The molecule has 0 N–H and O–H groups in total. The molecule has 0 aromatic heterocycles. The lowest BCUT2D eigenvalue weighted by Gasteiger charge is -2.36. The predicted octanol–water partition coefficient (Wildman–Crippen LogP) is 4.02. The Morgan fingerprint density at radius 1 is 1.05 bits per heavy atom. The van der Waals surface area contributed by atoms with Crippen LogP contribution in [0.25, 0.3) is 0 Å². The van der Waals surface area contributed by atoms with Crippen LogP contribution >= 0.6 is 0 Å². The molecule has 0 bridgehead atoms. The molecular weight excluding hydrogens is 281 g/mol. The van der Waals surface area contributed by atoms with E-state index in [9.17, 15) is 22.0 Å². The molecule has 1 aliphatic rings. The van der Waals surface area contributed by atoms with Gasteiger partial charge in [0.15, 0.2) is 0 Å². The van der Waals surface area contributed by atoms with Gasteiger partial charge in [0.1, 0.15) is 12.5 Å². The van der Waals surface area contributed by atoms with Crippen molar-refractivity contribution in [1.82, 2.24) is 9.91 Å². The molecule has 0 saturated carbocycles. The van der Waals surface area contributed by atoms with Crippen molar-refractivity contribution >= 4 is 6.34 Å². The molecular formula is C12H20F5N3. The van der Waals surface area contributed by atoms with Crippen molar-refractivity contribution in [3.63, 3.8) is 0 Å². The van der Waals surface area contributed by atoms with Gasteiger partial charge >= 0.3 is 12.2 Å². The summed E-state index contributed by atoms with van der Waals surface area (Å²) < 4.78 is 64.4. The van der Waals surface area contributed by atoms with Crippen LogP contribution in [0.2, 0.25) is 0 Å². The fraction of sp³-hybridized carbons (Fsp3) is 0.917. The zero-order chi connectivity index (χ0) is 15.4. The highest BCUT2D eigenvalue weighted by Crippen LogP contribution is 2.41. The fourth-order valence-corrected chi connectivity index (χ4v) is 2.03. The maximum absolute atomic E-state index is 13.5. The van der Waals surface area contributed by atoms with Gasteiger partial charge in [-0.1, -0.05) is 26.7 Å². The molecule has 1 rings (SSSR count). The number of hydrazone groups is 1. The second-order valence-electron chi connectivity index (χ2n) is 4.82. The number of hydrogen-bond donors (Lipinski definition) is 0. The number of halogens is 5. The summed E-state index contributed by atoms with van der Waals surface area (Å²) in [7, 11) is 0. The van der Waals surface area contributed by atoms with Crippen LogP contribution in [-0.4, -0.2) is 41.2 Å². The minimum Gasteiger partial charge on any atom is -0.273 e. The molecule has 0 radical (unpaired) electrons. The number of unbranched alkanes of at least 4 members (excludes halogenated alkanes) is 2. The molecule has 1 unspecified atom stereocenters. The van der Waals surface area contributed by atoms with Gasteiger partial charge in [-0.15, -0.1) is 0 Å². The molecule has 1 heterocycles. The summed E-state index contributed by atoms with van der Waals surface area (Å²) in [5.74, 6) is 0. The number of hydrogen-bond acceptors (Lipinski definition) is 3. The van der Waals surface area contributed by atoms with E-state index >= 15 is 0 Å². The second kappa shape index (κ2) is 6.58. The van der Waals surface area contributed by atoms with E-state index in [1.54, 1.807) is 0 Å². The summed E-state index contributed by atoms with van der Waals surface area (Å²) >= 11 is 0. The van der Waals surface area contributed by atoms with E-state index < -0.39 is 18.4 Å². The molecule has 3 nitrogen and oxygen atoms in total. The largest absolute Gasteiger partial charge is 0.475 e. The van der Waals surface area contributed by atoms with Crippen LogP contribution in [-0.2, 0) is 0 Å². The van der Waals surface area contributed by atoms with Gasteiger partial charge in [-0.3, -0.25) is 9.91 Å². The van der Waals surface area contributed by atoms with Crippen LogP contribution in [0.5, 0.6) is 0 Å². The zero-order valence-electron chi connectivity index (χ0n) is 11.6. The first-order chi connectivity index (χ1) is 9.25. The summed E-state index contributed by atoms with van der Waals surface area (Å²) in [5, 5.41) is 5.06. The van der Waals surface area contributed by atoms with E-state index in [4.69, 9.17) is 0 Å². The van der Waals surface area contributed by atoms with Gasteiger partial charge in [0.05, 0.1) is 0 Å². The lowest BCUT2D eigenvalue weighted by Crippen LogP contribution is -2.56. The van der Waals surface area contributed by atoms with Crippen molar-refractivity contribution in [2.75, 3.05) is 6.54 Å². The van der Waals surface area contributed by atoms with Gasteiger partial charge < -0.3 is 0 Å². The normalized spacial score (nSPS) is 20.1. The quantitative estimate of drug-likeness (QED) is 0.522. The van der Waals surface area contributed by atoms with Gasteiger partial charge in [-0.05, 0) is 19.3 Å². The van der Waals surface area contributed by atoms with Crippen LogP contribution in [0.1, 0.15) is 46.0 Å². The molecule has 0 aromatic rings. The summed E-state index contributed by atoms with van der Waals surface area (Å²) in [5.41, 5.74) is 0. The van der Waals surface area contributed by atoms with Crippen LogP contribution < -0.4 is 0 Å². The molecule has 0 aromatic carbocycles. The third-order valence-electron chi connectivity index (χ3n) is 3.21. The third-order valence-corrected chi connectivity index (χ3v) is 3.21. The van der Waals surface area contributed by atoms with E-state index in [0.717, 1.165) is 12.8 Å². The molecule has 0 fully saturated rings. The highest BCUT2D eigenvalue weighted by Gasteiger charge is 2.64. The Kier molecular flexibility index (Phi) is 5.59. The highest BCUT2D eigenvalue weighted by atomic mass is 19.4. The standard InChI is InChI=1S/C12H20F5N3/c1-3-5-7-10-19(12(16,17)11(13,14)15)9-18-20(10)8-6-4-2/h9-10H,3-8H2,1-2H3. The summed E-state index contributed by atoms with van der Waals surface area (Å²) in [6.45, 7) is 4.16. The highest BCUT2D eigenvalue weighted by molar-refractivity contribution is 5.58. The Bertz CT molecular complexity index is 330. The molecule has 0 saturated heterocycles. The van der Waals surface area contributed by atoms with Crippen molar-refractivity contribution in [2.45, 2.75) is 64.3 Å². The van der Waals surface area contributed by atoms with Gasteiger partial charge in [0, 0.05) is 6.54 Å². The minimum absolute atomic E-state index is 0.0400. The molecule has 8 heteroatoms. The Labute approximate surface area is 115 Å². The SMILES string of the molecule is CCCCC1N(CCCC)N=CN1C(F)(F)C(F)(F)F. The number of alkyl halides is 5. The van der Waals surface area contributed by atoms with Gasteiger partial charge in [0.25, 0.3) is 0 Å². The maximum Gasteiger partial charge on any atom is 0.475 e. The molecule has 0 amide bonds. The number of nitrogens with zero attached hydrogens (tertiary/aromatic N) is 3. The first-order valence-corrected chi connectivity index (χ1v) is 6.79. The van der Waals surface area contributed by atoms with E-state index in [2.05, 4.69) is 5.10 Å². The van der Waals surface area contributed by atoms with Crippen LogP contribution in [0.15, 0.2) is 5.10 Å². The van der Waals surface area contributed by atoms with Crippen molar-refractivity contribution in [3.05, 3.63) is 0 Å². The molecule has 0 spiro atoms. The van der Waals surface area contributed by atoms with Gasteiger partial charge in [-0.25, -0.2) is 0 Å². The summed E-state index contributed by atoms with van der Waals surface area (Å²) in [6, 6.07) is -4.89. The van der Waals surface area contributed by atoms with Crippen molar-refractivity contribution in [3.8, 4) is 0 Å². The average Bonchev–Trinajstić information content (AvgIpc) is 2.75. The van der Waals surface area contributed by atoms with Gasteiger partial charge in [-0.2, -0.15) is 27.1 Å². The minimum atomic E-state index is -5.61. The molecule has 1 atom stereocenters. The van der Waals surface area contributed by atoms with E-state index in [-0.39, 0.29) is 11.3 Å². The summed E-state index contributed by atoms with van der Waals surface area (Å²) in [6.07, 6.45) is -2.98. The second-order valence-corrected chi connectivity index (χ2v) is 4.82. The molecule has 0 aliphatic carbocycles. The Balaban J connectivity index is 2.86. The van der Waals surface area contributed by atoms with Crippen LogP contribution in [0.3, 0.4) is 0 Å². The first-order valence-electron chi connectivity index (χ1n) is 6.79. The fourth-order valence-electron chi connectivity index (χ4n) is 2.03. The maximum atomic E-state index is 13.5. The van der Waals surface area contributed by atoms with E-state index in [0.29, 0.717) is 25.7 Å². The van der Waals surface area contributed by atoms with Crippen LogP contribution in [0, 0.1) is 0 Å². The van der Waals surface area contributed by atoms with Crippen LogP contribution in [0.4, 0.5) is 22.0 Å². The Hall–Kier alpha value is -1.08. The lowest BCUT2D eigenvalue weighted by atomic mass is 10.2. The first kappa shape index (κ1) is 17.0. The summed E-state index contributed by atoms with van der Waals surface area (Å²) in [4.78, 5) is 0.0400. The Morgan fingerprint density at radius 3 is 2.15 bits per heavy atom. The molecule has 118 valence electrons. The smallest absolute Gasteiger partial charge is 0.273 e. The molecule has 1 aliphatic heterocycles. The number of rotatable bonds is 7. The van der Waals surface area contributed by atoms with Crippen molar-refractivity contribution in [1.29, 1.82) is 0 Å². The predicted molar refractivity (Wildman–Crippen MR) is 66.3 cm³/mol. The third kappa shape index (κ3) is 3.52. The molecule has 20 heavy (non-hydrogen) atoms. The Morgan fingerprint density at radius 2 is 1.65 bits per heavy atom. The topological polar surface area (TPSA) is 18.8 Å². The van der Waals surface area contributed by atoms with E-state index in [1.807, 2.05) is 13.8 Å². The zero-order valence-corrected chi connectivity index (χ0v) is 11.6. The monoisotopic (exact) mass is 301 g/mol. The lowest BCUT2D eigenvalue weighted by molar-refractivity contribution is -0.334. The van der Waals surface area contributed by atoms with Gasteiger partial charge in [0.2, 0.25) is 0 Å².